The molecule has 0 radical (unpaired) electrons. The van der Waals surface area contributed by atoms with Gasteiger partial charge in [-0.05, 0) is 11.8 Å². The van der Waals surface area contributed by atoms with Crippen LogP contribution in [0.4, 0.5) is 11.4 Å². The summed E-state index contributed by atoms with van der Waals surface area (Å²) in [6.07, 6.45) is 3.41. The predicted octanol–water partition coefficient (Wildman–Crippen LogP) is 3.65. The molecule has 1 amide bonds. The Labute approximate surface area is 161 Å². The first-order valence-electron chi connectivity index (χ1n) is 8.04. The third-order valence-corrected chi connectivity index (χ3v) is 4.87. The number of carbonyl (C=O) groups excluding carboxylic acids is 1. The molecule has 1 N–H and O–H groups in total. The van der Waals surface area contributed by atoms with Crippen LogP contribution in [-0.2, 0) is 13.6 Å². The Kier molecular flexibility index (Phi) is 7.98. The first-order valence-corrected chi connectivity index (χ1v) is 10.0. The van der Waals surface area contributed by atoms with Crippen LogP contribution in [-0.4, -0.2) is 36.1 Å². The molecule has 1 atom stereocenters. The van der Waals surface area contributed by atoms with Crippen molar-refractivity contribution in [1.29, 1.82) is 0 Å². The quantitative estimate of drug-likeness (QED) is 0.345. The first kappa shape index (κ1) is 23.4. The molecule has 28 heavy (non-hydrogen) atoms. The maximum atomic E-state index is 12.1. The molecule has 0 aromatic heterocycles. The Bertz CT molecular complexity index is 805. The molecule has 1 unspecified atom stereocenters. The van der Waals surface area contributed by atoms with Crippen molar-refractivity contribution in [2.24, 2.45) is 5.41 Å². The van der Waals surface area contributed by atoms with Crippen LogP contribution in [0.15, 0.2) is 30.5 Å². The Balaban J connectivity index is 2.75. The molecular formula is C16H22N3O8P. The lowest BCUT2D eigenvalue weighted by Gasteiger charge is -2.24. The van der Waals surface area contributed by atoms with E-state index in [1.165, 1.54) is 20.0 Å². The number of hydrogen-bond donors (Lipinski definition) is 1. The monoisotopic (exact) mass is 415 g/mol. The Morgan fingerprint density at radius 3 is 2.21 bits per heavy atom. The molecule has 1 aromatic carbocycles. The van der Waals surface area contributed by atoms with Gasteiger partial charge in [-0.15, -0.1) is 0 Å². The smallest absolute Gasteiger partial charge is 0.327 e. The standard InChI is InChI=1S/C16H22N3O8P/c1-16(2,11-27-28(4,25)26-3)6-5-7-17-15(20)12-8-13(18(21)22)10-14(9-12)19(23)24/h5,7-10H,6,11H2,1-4H3,(H,17,20). The van der Waals surface area contributed by atoms with E-state index in [1.54, 1.807) is 6.08 Å². The van der Waals surface area contributed by atoms with Crippen LogP contribution in [0, 0.1) is 25.6 Å². The highest BCUT2D eigenvalue weighted by Gasteiger charge is 2.23. The lowest BCUT2D eigenvalue weighted by atomic mass is 9.91. The normalized spacial score (nSPS) is 13.9. The average Bonchev–Trinajstić information content (AvgIpc) is 2.63. The van der Waals surface area contributed by atoms with Gasteiger partial charge in [0.25, 0.3) is 17.3 Å². The summed E-state index contributed by atoms with van der Waals surface area (Å²) in [6, 6.07) is 2.69. The van der Waals surface area contributed by atoms with Crippen molar-refractivity contribution in [2.75, 3.05) is 20.4 Å². The highest BCUT2D eigenvalue weighted by Crippen LogP contribution is 2.44. The number of carbonyl (C=O) groups is 1. The van der Waals surface area contributed by atoms with E-state index in [0.717, 1.165) is 18.2 Å². The van der Waals surface area contributed by atoms with Crippen LogP contribution in [0.3, 0.4) is 0 Å². The summed E-state index contributed by atoms with van der Waals surface area (Å²) in [5, 5.41) is 24.1. The fourth-order valence-corrected chi connectivity index (χ4v) is 2.63. The summed E-state index contributed by atoms with van der Waals surface area (Å²) in [5.41, 5.74) is -1.72. The third-order valence-electron chi connectivity index (χ3n) is 3.61. The van der Waals surface area contributed by atoms with E-state index in [9.17, 15) is 29.6 Å². The zero-order valence-corrected chi connectivity index (χ0v) is 16.8. The molecule has 0 spiro atoms. The van der Waals surface area contributed by atoms with Crippen molar-refractivity contribution in [3.63, 3.8) is 0 Å². The van der Waals surface area contributed by atoms with Crippen molar-refractivity contribution in [3.8, 4) is 0 Å². The molecule has 0 saturated heterocycles. The fourth-order valence-electron chi connectivity index (χ4n) is 1.94. The van der Waals surface area contributed by atoms with Gasteiger partial charge >= 0.3 is 7.60 Å². The molecule has 0 heterocycles. The number of rotatable bonds is 10. The second-order valence-corrected chi connectivity index (χ2v) is 8.89. The SMILES string of the molecule is COP(C)(=O)OCC(C)(C)CC=CNC(=O)c1cc([N+](=O)[O-])cc([N+](=O)[O-])c1. The lowest BCUT2D eigenvalue weighted by Crippen LogP contribution is -2.20. The van der Waals surface area contributed by atoms with Crippen molar-refractivity contribution in [1.82, 2.24) is 5.32 Å². The summed E-state index contributed by atoms with van der Waals surface area (Å²) in [7, 11) is -1.80. The van der Waals surface area contributed by atoms with Crippen LogP contribution in [0.2, 0.25) is 0 Å². The minimum atomic E-state index is -3.09. The Hall–Kier alpha value is -2.62. The van der Waals surface area contributed by atoms with Crippen LogP contribution in [0.5, 0.6) is 0 Å². The van der Waals surface area contributed by atoms with E-state index in [0.29, 0.717) is 6.42 Å². The van der Waals surface area contributed by atoms with Gasteiger partial charge in [0.05, 0.1) is 28.1 Å². The third kappa shape index (κ3) is 7.55. The van der Waals surface area contributed by atoms with E-state index in [1.807, 2.05) is 13.8 Å². The zero-order chi connectivity index (χ0) is 21.5. The molecule has 0 saturated carbocycles. The lowest BCUT2D eigenvalue weighted by molar-refractivity contribution is -0.394. The van der Waals surface area contributed by atoms with Gasteiger partial charge in [0.15, 0.2) is 0 Å². The number of hydrogen-bond acceptors (Lipinski definition) is 8. The number of nitrogens with zero attached hydrogens (tertiary/aromatic N) is 2. The number of allylic oxidation sites excluding steroid dienone is 1. The summed E-state index contributed by atoms with van der Waals surface area (Å²) in [6.45, 7) is 5.23. The fraction of sp³-hybridized carbons (Fsp3) is 0.438. The van der Waals surface area contributed by atoms with Crippen molar-refractivity contribution < 1.29 is 28.3 Å². The zero-order valence-electron chi connectivity index (χ0n) is 15.9. The Morgan fingerprint density at radius 1 is 1.21 bits per heavy atom. The minimum Gasteiger partial charge on any atom is -0.329 e. The van der Waals surface area contributed by atoms with Crippen molar-refractivity contribution in [2.45, 2.75) is 20.3 Å². The second-order valence-electron chi connectivity index (χ2n) is 6.72. The number of nitro groups is 2. The highest BCUT2D eigenvalue weighted by molar-refractivity contribution is 7.52. The van der Waals surface area contributed by atoms with Gasteiger partial charge in [-0.2, -0.15) is 0 Å². The molecule has 0 aliphatic heterocycles. The molecule has 0 aliphatic carbocycles. The van der Waals surface area contributed by atoms with Crippen LogP contribution in [0.25, 0.3) is 0 Å². The van der Waals surface area contributed by atoms with E-state index in [-0.39, 0.29) is 12.2 Å². The minimum absolute atomic E-state index is 0.157. The van der Waals surface area contributed by atoms with Crippen LogP contribution in [0.1, 0.15) is 30.6 Å². The van der Waals surface area contributed by atoms with Gasteiger partial charge in [0, 0.05) is 32.1 Å². The maximum Gasteiger partial charge on any atom is 0.327 e. The van der Waals surface area contributed by atoms with Crippen molar-refractivity contribution >= 4 is 24.9 Å². The van der Waals surface area contributed by atoms with Gasteiger partial charge in [-0.1, -0.05) is 19.9 Å². The topological polar surface area (TPSA) is 151 Å². The molecule has 0 aliphatic rings. The van der Waals surface area contributed by atoms with E-state index in [2.05, 4.69) is 5.32 Å². The van der Waals surface area contributed by atoms with E-state index < -0.39 is 40.1 Å². The van der Waals surface area contributed by atoms with Gasteiger partial charge in [0.2, 0.25) is 0 Å². The largest absolute Gasteiger partial charge is 0.329 e. The van der Waals surface area contributed by atoms with Gasteiger partial charge in [0.1, 0.15) is 0 Å². The van der Waals surface area contributed by atoms with Gasteiger partial charge < -0.3 is 14.4 Å². The number of amides is 1. The Morgan fingerprint density at radius 2 is 1.75 bits per heavy atom. The summed E-state index contributed by atoms with van der Waals surface area (Å²) < 4.78 is 21.7. The molecular weight excluding hydrogens is 393 g/mol. The first-order chi connectivity index (χ1) is 12.9. The molecule has 1 rings (SSSR count). The summed E-state index contributed by atoms with van der Waals surface area (Å²) in [4.78, 5) is 32.3. The highest BCUT2D eigenvalue weighted by atomic mass is 31.2. The molecule has 11 nitrogen and oxygen atoms in total. The number of non-ortho nitro benzene ring substituents is 2. The van der Waals surface area contributed by atoms with Crippen LogP contribution >= 0.6 is 7.60 Å². The van der Waals surface area contributed by atoms with Gasteiger partial charge in [-0.3, -0.25) is 29.6 Å². The van der Waals surface area contributed by atoms with Gasteiger partial charge in [-0.25, -0.2) is 0 Å². The summed E-state index contributed by atoms with van der Waals surface area (Å²) in [5.74, 6) is -0.727. The molecule has 12 heteroatoms. The van der Waals surface area contributed by atoms with Crippen LogP contribution < -0.4 is 5.32 Å². The molecule has 0 fully saturated rings. The average molecular weight is 415 g/mol. The van der Waals surface area contributed by atoms with Crippen molar-refractivity contribution in [3.05, 3.63) is 56.3 Å². The maximum absolute atomic E-state index is 12.1. The number of nitro benzene ring substituents is 2. The molecule has 154 valence electrons. The van der Waals surface area contributed by atoms with E-state index in [4.69, 9.17) is 9.05 Å². The second kappa shape index (κ2) is 9.54. The summed E-state index contributed by atoms with van der Waals surface area (Å²) >= 11 is 0. The number of nitrogens with one attached hydrogen (secondary N) is 1. The molecule has 0 bridgehead atoms. The number of benzene rings is 1. The van der Waals surface area contributed by atoms with E-state index >= 15 is 0 Å². The molecule has 1 aromatic rings. The predicted molar refractivity (Wildman–Crippen MR) is 101 cm³/mol.